The molecule has 2 aromatic heterocycles. The Labute approximate surface area is 148 Å². The van der Waals surface area contributed by atoms with Crippen molar-refractivity contribution in [1.29, 1.82) is 0 Å². The van der Waals surface area contributed by atoms with Crippen molar-refractivity contribution < 1.29 is 19.1 Å². The number of nitrogens with one attached hydrogen (secondary N) is 2. The molecular weight excluding hydrogens is 344 g/mol. The Balaban J connectivity index is 1.62. The van der Waals surface area contributed by atoms with Gasteiger partial charge in [-0.25, -0.2) is 9.97 Å². The molecular formula is C16H18N4O4S. The fourth-order valence-corrected chi connectivity index (χ4v) is 2.96. The van der Waals surface area contributed by atoms with Crippen LogP contribution in [-0.4, -0.2) is 48.1 Å². The molecule has 0 spiro atoms. The molecule has 8 nitrogen and oxygen atoms in total. The molecule has 9 heteroatoms. The third-order valence-electron chi connectivity index (χ3n) is 3.57. The number of pyridine rings is 1. The zero-order valence-electron chi connectivity index (χ0n) is 13.7. The van der Waals surface area contributed by atoms with Crippen LogP contribution in [0, 0.1) is 0 Å². The number of anilines is 1. The molecule has 1 atom stereocenters. The molecule has 1 aliphatic heterocycles. The first-order chi connectivity index (χ1) is 12.1. The highest BCUT2D eigenvalue weighted by atomic mass is 32.1. The van der Waals surface area contributed by atoms with E-state index in [1.54, 1.807) is 24.6 Å². The van der Waals surface area contributed by atoms with Gasteiger partial charge in [0, 0.05) is 36.7 Å². The third kappa shape index (κ3) is 4.74. The number of rotatable bonds is 6. The second-order valence-corrected chi connectivity index (χ2v) is 6.29. The van der Waals surface area contributed by atoms with Gasteiger partial charge >= 0.3 is 0 Å². The summed E-state index contributed by atoms with van der Waals surface area (Å²) in [6.45, 7) is 1.21. The highest BCUT2D eigenvalue weighted by Gasteiger charge is 2.18. The standard InChI is InChI=1S/C16H18N4O4S/c1-17-13(21)7-11-9-25-16(19-11)20-15(22)10-2-4-18-14(6-10)24-12-3-5-23-8-12/h2,4,6,9,12H,3,5,7-8H2,1H3,(H,17,21)(H,19,20,22). The van der Waals surface area contributed by atoms with Crippen LogP contribution in [0.25, 0.3) is 0 Å². The van der Waals surface area contributed by atoms with Gasteiger partial charge < -0.3 is 14.8 Å². The first kappa shape index (κ1) is 17.3. The van der Waals surface area contributed by atoms with Crippen LogP contribution >= 0.6 is 11.3 Å². The van der Waals surface area contributed by atoms with E-state index in [1.165, 1.54) is 17.5 Å². The van der Waals surface area contributed by atoms with Crippen LogP contribution in [0.3, 0.4) is 0 Å². The third-order valence-corrected chi connectivity index (χ3v) is 4.37. The average molecular weight is 362 g/mol. The van der Waals surface area contributed by atoms with Crippen LogP contribution in [0.2, 0.25) is 0 Å². The normalized spacial score (nSPS) is 16.4. The van der Waals surface area contributed by atoms with E-state index in [0.29, 0.717) is 35.5 Å². The maximum Gasteiger partial charge on any atom is 0.257 e. The van der Waals surface area contributed by atoms with Crippen molar-refractivity contribution in [3.8, 4) is 5.88 Å². The predicted octanol–water partition coefficient (Wildman–Crippen LogP) is 1.25. The molecule has 1 unspecified atom stereocenters. The number of likely N-dealkylation sites (N-methyl/N-ethyl adjacent to an activating group) is 1. The molecule has 1 saturated heterocycles. The summed E-state index contributed by atoms with van der Waals surface area (Å²) in [6, 6.07) is 3.19. The summed E-state index contributed by atoms with van der Waals surface area (Å²) in [5.74, 6) is -0.0478. The van der Waals surface area contributed by atoms with Gasteiger partial charge in [0.2, 0.25) is 11.8 Å². The molecule has 2 aromatic rings. The Bertz CT molecular complexity index is 758. The number of nitrogens with zero attached hydrogens (tertiary/aromatic N) is 2. The Hall–Kier alpha value is -2.52. The van der Waals surface area contributed by atoms with E-state index in [0.717, 1.165) is 6.42 Å². The van der Waals surface area contributed by atoms with Crippen LogP contribution < -0.4 is 15.4 Å². The molecule has 1 fully saturated rings. The monoisotopic (exact) mass is 362 g/mol. The molecule has 0 radical (unpaired) electrons. The number of hydrogen-bond donors (Lipinski definition) is 2. The maximum atomic E-state index is 12.4. The van der Waals surface area contributed by atoms with Crippen molar-refractivity contribution in [1.82, 2.24) is 15.3 Å². The summed E-state index contributed by atoms with van der Waals surface area (Å²) in [5, 5.41) is 7.43. The molecule has 25 heavy (non-hydrogen) atoms. The number of carbonyl (C=O) groups excluding carboxylic acids is 2. The van der Waals surface area contributed by atoms with Gasteiger partial charge in [0.15, 0.2) is 5.13 Å². The van der Waals surface area contributed by atoms with Gasteiger partial charge in [0.1, 0.15) is 6.10 Å². The minimum absolute atomic E-state index is 0.0305. The topological polar surface area (TPSA) is 102 Å². The van der Waals surface area contributed by atoms with E-state index >= 15 is 0 Å². The predicted molar refractivity (Wildman–Crippen MR) is 91.9 cm³/mol. The van der Waals surface area contributed by atoms with E-state index in [4.69, 9.17) is 9.47 Å². The lowest BCUT2D eigenvalue weighted by atomic mass is 10.2. The van der Waals surface area contributed by atoms with Crippen LogP contribution in [0.4, 0.5) is 5.13 Å². The van der Waals surface area contributed by atoms with Crippen molar-refractivity contribution in [2.45, 2.75) is 18.9 Å². The zero-order valence-corrected chi connectivity index (χ0v) is 14.5. The van der Waals surface area contributed by atoms with Gasteiger partial charge in [0.25, 0.3) is 5.91 Å². The summed E-state index contributed by atoms with van der Waals surface area (Å²) in [6.07, 6.45) is 2.49. The first-order valence-corrected chi connectivity index (χ1v) is 8.69. The lowest BCUT2D eigenvalue weighted by Gasteiger charge is -2.11. The molecule has 2 amide bonds. The molecule has 1 aliphatic rings. The van der Waals surface area contributed by atoms with Gasteiger partial charge in [-0.3, -0.25) is 14.9 Å². The Morgan fingerprint density at radius 2 is 2.36 bits per heavy atom. The van der Waals surface area contributed by atoms with Crippen molar-refractivity contribution in [2.24, 2.45) is 0 Å². The highest BCUT2D eigenvalue weighted by Crippen LogP contribution is 2.19. The van der Waals surface area contributed by atoms with E-state index in [-0.39, 0.29) is 24.3 Å². The van der Waals surface area contributed by atoms with Gasteiger partial charge in [-0.2, -0.15) is 0 Å². The molecule has 0 bridgehead atoms. The number of thiazole rings is 1. The van der Waals surface area contributed by atoms with E-state index in [1.807, 2.05) is 0 Å². The van der Waals surface area contributed by atoms with E-state index < -0.39 is 0 Å². The smallest absolute Gasteiger partial charge is 0.257 e. The number of aromatic nitrogens is 2. The number of carbonyl (C=O) groups is 2. The molecule has 0 aliphatic carbocycles. The molecule has 0 saturated carbocycles. The van der Waals surface area contributed by atoms with Gasteiger partial charge in [-0.05, 0) is 6.07 Å². The quantitative estimate of drug-likeness (QED) is 0.802. The lowest BCUT2D eigenvalue weighted by Crippen LogP contribution is -2.20. The second kappa shape index (κ2) is 8.04. The first-order valence-electron chi connectivity index (χ1n) is 7.81. The van der Waals surface area contributed by atoms with Gasteiger partial charge in [-0.15, -0.1) is 11.3 Å². The number of ether oxygens (including phenoxy) is 2. The summed E-state index contributed by atoms with van der Waals surface area (Å²) in [5.41, 5.74) is 1.03. The van der Waals surface area contributed by atoms with Crippen LogP contribution in [0.1, 0.15) is 22.5 Å². The molecule has 3 rings (SSSR count). The minimum atomic E-state index is -0.309. The van der Waals surface area contributed by atoms with E-state index in [2.05, 4.69) is 20.6 Å². The number of hydrogen-bond acceptors (Lipinski definition) is 7. The lowest BCUT2D eigenvalue weighted by molar-refractivity contribution is -0.120. The zero-order chi connectivity index (χ0) is 17.6. The Kier molecular flexibility index (Phi) is 5.56. The summed E-state index contributed by atoms with van der Waals surface area (Å²) in [4.78, 5) is 32.1. The fourth-order valence-electron chi connectivity index (χ4n) is 2.26. The average Bonchev–Trinajstić information content (AvgIpc) is 3.27. The van der Waals surface area contributed by atoms with Crippen LogP contribution in [-0.2, 0) is 16.0 Å². The van der Waals surface area contributed by atoms with E-state index in [9.17, 15) is 9.59 Å². The van der Waals surface area contributed by atoms with Crippen molar-refractivity contribution in [3.05, 3.63) is 35.0 Å². The Morgan fingerprint density at radius 3 is 3.12 bits per heavy atom. The maximum absolute atomic E-state index is 12.4. The Morgan fingerprint density at radius 1 is 1.48 bits per heavy atom. The largest absolute Gasteiger partial charge is 0.472 e. The SMILES string of the molecule is CNC(=O)Cc1csc(NC(=O)c2ccnc(OC3CCOC3)c2)n1. The van der Waals surface area contributed by atoms with Crippen molar-refractivity contribution >= 4 is 28.3 Å². The summed E-state index contributed by atoms with van der Waals surface area (Å²) < 4.78 is 11.0. The number of amides is 2. The summed E-state index contributed by atoms with van der Waals surface area (Å²) >= 11 is 1.27. The highest BCUT2D eigenvalue weighted by molar-refractivity contribution is 7.14. The van der Waals surface area contributed by atoms with Crippen molar-refractivity contribution in [3.63, 3.8) is 0 Å². The molecule has 132 valence electrons. The molecule has 2 N–H and O–H groups in total. The van der Waals surface area contributed by atoms with Crippen LogP contribution in [0.15, 0.2) is 23.7 Å². The summed E-state index contributed by atoms with van der Waals surface area (Å²) in [7, 11) is 1.57. The minimum Gasteiger partial charge on any atom is -0.472 e. The van der Waals surface area contributed by atoms with Crippen molar-refractivity contribution in [2.75, 3.05) is 25.6 Å². The fraction of sp³-hybridized carbons (Fsp3) is 0.375. The molecule has 0 aromatic carbocycles. The molecule has 3 heterocycles. The second-order valence-electron chi connectivity index (χ2n) is 5.43. The van der Waals surface area contributed by atoms with Gasteiger partial charge in [-0.1, -0.05) is 0 Å². The van der Waals surface area contributed by atoms with Gasteiger partial charge in [0.05, 0.1) is 25.3 Å². The van der Waals surface area contributed by atoms with Crippen LogP contribution in [0.5, 0.6) is 5.88 Å².